The number of benzene rings is 1. The van der Waals surface area contributed by atoms with Crippen LogP contribution >= 0.6 is 11.8 Å². The molecule has 1 aromatic carbocycles. The fourth-order valence-electron chi connectivity index (χ4n) is 8.43. The molecule has 7 nitrogen and oxygen atoms in total. The molecule has 2 bridgehead atoms. The van der Waals surface area contributed by atoms with Crippen molar-refractivity contribution in [2.24, 2.45) is 17.3 Å². The molecule has 1 N–H and O–H groups in total. The van der Waals surface area contributed by atoms with Gasteiger partial charge in [-0.3, -0.25) is 14.4 Å². The van der Waals surface area contributed by atoms with Gasteiger partial charge in [0, 0.05) is 42.2 Å². The fourth-order valence-corrected chi connectivity index (χ4v) is 10.8. The van der Waals surface area contributed by atoms with E-state index in [4.69, 9.17) is 0 Å². The van der Waals surface area contributed by atoms with Crippen LogP contribution in [0, 0.1) is 17.3 Å². The van der Waals surface area contributed by atoms with Crippen LogP contribution < -0.4 is 4.90 Å². The van der Waals surface area contributed by atoms with Gasteiger partial charge in [-0.15, -0.1) is 24.9 Å². The monoisotopic (exact) mass is 623 g/mol. The molecule has 5 atom stereocenters. The first-order valence-corrected chi connectivity index (χ1v) is 17.0. The van der Waals surface area contributed by atoms with E-state index in [2.05, 4.69) is 54.7 Å². The standard InChI is InChI=1S/C36H53N3O4S/c1-9-21-37(26-17-13-11-14-18-26)30(41)27-28-31(42)38(23-15-12-16-24-40)29(36(28)20-19-35(27,8)44-36)32(43)39(22-10-2)34(6,7)25-33(3,4)5/h9-11,13-14,17-18,27-29,40H,1-2,12,15-16,19-25H2,3-8H3/t27-,28-,29?,35+,36?/m0/s1. The van der Waals surface area contributed by atoms with Crippen LogP contribution in [0.15, 0.2) is 55.6 Å². The zero-order valence-corrected chi connectivity index (χ0v) is 28.5. The number of para-hydroxylation sites is 1. The van der Waals surface area contributed by atoms with Gasteiger partial charge in [-0.1, -0.05) is 51.1 Å². The zero-order chi connectivity index (χ0) is 32.5. The summed E-state index contributed by atoms with van der Waals surface area (Å²) < 4.78 is -1.15. The predicted molar refractivity (Wildman–Crippen MR) is 180 cm³/mol. The number of aliphatic hydroxyl groups is 1. The van der Waals surface area contributed by atoms with Gasteiger partial charge in [-0.05, 0) is 76.8 Å². The van der Waals surface area contributed by atoms with Gasteiger partial charge in [0.25, 0.3) is 0 Å². The Labute approximate surface area is 269 Å². The van der Waals surface area contributed by atoms with E-state index in [1.807, 2.05) is 40.1 Å². The lowest BCUT2D eigenvalue weighted by Crippen LogP contribution is -2.60. The second-order valence-electron chi connectivity index (χ2n) is 14.9. The van der Waals surface area contributed by atoms with Crippen LogP contribution in [0.5, 0.6) is 0 Å². The number of likely N-dealkylation sites (tertiary alicyclic amines) is 1. The zero-order valence-electron chi connectivity index (χ0n) is 27.7. The molecule has 44 heavy (non-hydrogen) atoms. The van der Waals surface area contributed by atoms with Crippen LogP contribution in [0.2, 0.25) is 0 Å². The van der Waals surface area contributed by atoms with Gasteiger partial charge in [-0.25, -0.2) is 0 Å². The van der Waals surface area contributed by atoms with E-state index in [9.17, 15) is 19.5 Å². The number of hydrogen-bond donors (Lipinski definition) is 1. The molecule has 4 rings (SSSR count). The molecule has 0 aliphatic carbocycles. The molecule has 3 amide bonds. The van der Waals surface area contributed by atoms with Crippen molar-refractivity contribution in [3.05, 3.63) is 55.6 Å². The highest BCUT2D eigenvalue weighted by Gasteiger charge is 2.77. The van der Waals surface area contributed by atoms with E-state index in [1.165, 1.54) is 0 Å². The van der Waals surface area contributed by atoms with E-state index in [1.54, 1.807) is 28.8 Å². The smallest absolute Gasteiger partial charge is 0.247 e. The van der Waals surface area contributed by atoms with Crippen LogP contribution in [0.3, 0.4) is 0 Å². The van der Waals surface area contributed by atoms with E-state index in [0.29, 0.717) is 38.9 Å². The van der Waals surface area contributed by atoms with Crippen molar-refractivity contribution in [1.82, 2.24) is 9.80 Å². The number of amides is 3. The first-order chi connectivity index (χ1) is 20.7. The lowest BCUT2D eigenvalue weighted by atomic mass is 9.66. The lowest BCUT2D eigenvalue weighted by Gasteiger charge is -2.46. The summed E-state index contributed by atoms with van der Waals surface area (Å²) in [6, 6.07) is 8.91. The van der Waals surface area contributed by atoms with Crippen molar-refractivity contribution in [1.29, 1.82) is 0 Å². The molecule has 1 aromatic rings. The molecule has 1 spiro atoms. The third kappa shape index (κ3) is 6.26. The van der Waals surface area contributed by atoms with Gasteiger partial charge in [0.15, 0.2) is 0 Å². The fraction of sp³-hybridized carbons (Fsp3) is 0.639. The minimum atomic E-state index is -0.687. The highest BCUT2D eigenvalue weighted by atomic mass is 32.2. The normalized spacial score (nSPS) is 27.8. The minimum absolute atomic E-state index is 0.0168. The molecule has 0 aromatic heterocycles. The van der Waals surface area contributed by atoms with Crippen molar-refractivity contribution in [2.45, 2.75) is 101 Å². The van der Waals surface area contributed by atoms with Crippen LogP contribution in [0.1, 0.15) is 80.1 Å². The summed E-state index contributed by atoms with van der Waals surface area (Å²) in [7, 11) is 0. The molecule has 0 radical (unpaired) electrons. The molecule has 242 valence electrons. The Morgan fingerprint density at radius 2 is 1.68 bits per heavy atom. The highest BCUT2D eigenvalue weighted by molar-refractivity contribution is 8.02. The summed E-state index contributed by atoms with van der Waals surface area (Å²) in [5.41, 5.74) is 0.290. The molecule has 8 heteroatoms. The number of rotatable bonds is 14. The number of fused-ring (bicyclic) bond motifs is 1. The maximum Gasteiger partial charge on any atom is 0.247 e. The number of carbonyl (C=O) groups excluding carboxylic acids is 3. The summed E-state index contributed by atoms with van der Waals surface area (Å²) in [5, 5.41) is 9.39. The molecule has 3 saturated heterocycles. The maximum atomic E-state index is 15.0. The molecule has 3 aliphatic heterocycles. The number of aliphatic hydroxyl groups excluding tert-OH is 1. The summed E-state index contributed by atoms with van der Waals surface area (Å²) in [4.78, 5) is 49.8. The Balaban J connectivity index is 1.79. The summed E-state index contributed by atoms with van der Waals surface area (Å²) >= 11 is 1.72. The Morgan fingerprint density at radius 3 is 2.27 bits per heavy atom. The molecule has 3 aliphatic rings. The topological polar surface area (TPSA) is 81.2 Å². The Kier molecular flexibility index (Phi) is 10.2. The van der Waals surface area contributed by atoms with Crippen LogP contribution in [-0.2, 0) is 14.4 Å². The van der Waals surface area contributed by atoms with Gasteiger partial charge in [0.05, 0.1) is 16.6 Å². The minimum Gasteiger partial charge on any atom is -0.396 e. The van der Waals surface area contributed by atoms with Crippen molar-refractivity contribution < 1.29 is 19.5 Å². The largest absolute Gasteiger partial charge is 0.396 e. The summed E-state index contributed by atoms with van der Waals surface area (Å²) in [6.07, 6.45) is 7.88. The van der Waals surface area contributed by atoms with Gasteiger partial charge in [-0.2, -0.15) is 0 Å². The Hall–Kier alpha value is -2.58. The van der Waals surface area contributed by atoms with Crippen LogP contribution in [-0.4, -0.2) is 79.9 Å². The van der Waals surface area contributed by atoms with Gasteiger partial charge in [0.1, 0.15) is 6.04 Å². The second-order valence-corrected chi connectivity index (χ2v) is 16.8. The van der Waals surface area contributed by atoms with E-state index in [-0.39, 0.29) is 29.7 Å². The Bertz CT molecular complexity index is 1240. The quantitative estimate of drug-likeness (QED) is 0.201. The van der Waals surface area contributed by atoms with E-state index in [0.717, 1.165) is 24.9 Å². The second kappa shape index (κ2) is 13.0. The number of anilines is 1. The molecule has 0 saturated carbocycles. The predicted octanol–water partition coefficient (Wildman–Crippen LogP) is 6.08. The van der Waals surface area contributed by atoms with E-state index >= 15 is 0 Å². The van der Waals surface area contributed by atoms with Crippen molar-refractivity contribution in [2.75, 3.05) is 31.1 Å². The first kappa shape index (κ1) is 34.3. The molecular formula is C36H53N3O4S. The number of hydrogen-bond acceptors (Lipinski definition) is 5. The van der Waals surface area contributed by atoms with Gasteiger partial charge < -0.3 is 19.8 Å². The molecule has 3 heterocycles. The summed E-state index contributed by atoms with van der Waals surface area (Å²) in [6.45, 7) is 22.0. The van der Waals surface area contributed by atoms with Crippen molar-refractivity contribution >= 4 is 35.2 Å². The number of carbonyl (C=O) groups is 3. The van der Waals surface area contributed by atoms with Crippen LogP contribution in [0.25, 0.3) is 0 Å². The Morgan fingerprint density at radius 1 is 1.02 bits per heavy atom. The van der Waals surface area contributed by atoms with Crippen molar-refractivity contribution in [3.63, 3.8) is 0 Å². The first-order valence-electron chi connectivity index (χ1n) is 16.2. The van der Waals surface area contributed by atoms with E-state index < -0.39 is 32.9 Å². The lowest BCUT2D eigenvalue weighted by molar-refractivity contribution is -0.146. The number of unbranched alkanes of at least 4 members (excludes halogenated alkanes) is 2. The maximum absolute atomic E-state index is 15.0. The summed E-state index contributed by atoms with van der Waals surface area (Å²) in [5.74, 6) is -1.34. The van der Waals surface area contributed by atoms with Crippen molar-refractivity contribution in [3.8, 4) is 0 Å². The molecule has 2 unspecified atom stereocenters. The third-order valence-electron chi connectivity index (χ3n) is 9.75. The van der Waals surface area contributed by atoms with Gasteiger partial charge >= 0.3 is 0 Å². The van der Waals surface area contributed by atoms with Crippen LogP contribution in [0.4, 0.5) is 5.69 Å². The average molecular weight is 624 g/mol. The average Bonchev–Trinajstić information content (AvgIpc) is 3.51. The number of thioether (sulfide) groups is 1. The SMILES string of the molecule is C=CCN(C(=O)[C@@H]1[C@H]2C(=O)N(CCCCCO)C(C(=O)N(CC=C)C(C)(C)CC(C)(C)C)C23CC[C@@]1(C)S3)c1ccccc1. The highest BCUT2D eigenvalue weighted by Crippen LogP contribution is 2.71. The molecular weight excluding hydrogens is 570 g/mol. The van der Waals surface area contributed by atoms with Gasteiger partial charge in [0.2, 0.25) is 17.7 Å². The molecule has 3 fully saturated rings. The number of nitrogens with zero attached hydrogens (tertiary/aromatic N) is 3. The third-order valence-corrected chi connectivity index (χ3v) is 11.7.